The molecule has 1 rings (SSSR count). The molecule has 5 nitrogen and oxygen atoms in total. The number of esters is 1. The largest absolute Gasteiger partial charge is 0.480 e. The molecular formula is C14H16F3NO4. The zero-order chi connectivity index (χ0) is 16.9. The molecule has 1 unspecified atom stereocenters. The third-order valence-electron chi connectivity index (χ3n) is 2.78. The summed E-state index contributed by atoms with van der Waals surface area (Å²) in [5, 5.41) is 2.29. The molecule has 2 atom stereocenters. The second-order valence-corrected chi connectivity index (χ2v) is 4.51. The first-order chi connectivity index (χ1) is 10.2. The Bertz CT molecular complexity index is 545. The second-order valence-electron chi connectivity index (χ2n) is 4.51. The third kappa shape index (κ3) is 4.64. The van der Waals surface area contributed by atoms with Gasteiger partial charge in [0.1, 0.15) is 11.8 Å². The van der Waals surface area contributed by atoms with Crippen molar-refractivity contribution in [2.24, 2.45) is 0 Å². The summed E-state index contributed by atoms with van der Waals surface area (Å²) in [7, 11) is 1.16. The predicted molar refractivity (Wildman–Crippen MR) is 71.2 cm³/mol. The lowest BCUT2D eigenvalue weighted by atomic mass is 10.2. The van der Waals surface area contributed by atoms with Crippen LogP contribution in [-0.2, 0) is 20.5 Å². The second kappa shape index (κ2) is 7.15. The van der Waals surface area contributed by atoms with Crippen LogP contribution < -0.4 is 10.1 Å². The standard InChI is InChI=1S/C14H16F3NO4/c1-8(13(20)21-3)18-12(19)9(2)22-11-7-5-4-6-10(11)14(15,16)17/h4-9H,1-3H3,(H,18,19)/t8-,9?/m1/s1. The molecule has 1 aromatic rings. The molecule has 0 aliphatic rings. The van der Waals surface area contributed by atoms with E-state index in [0.717, 1.165) is 19.2 Å². The van der Waals surface area contributed by atoms with Gasteiger partial charge in [0.05, 0.1) is 12.7 Å². The number of amides is 1. The number of hydrogen-bond donors (Lipinski definition) is 1. The highest BCUT2D eigenvalue weighted by Crippen LogP contribution is 2.36. The van der Waals surface area contributed by atoms with Gasteiger partial charge in [-0.2, -0.15) is 13.2 Å². The van der Waals surface area contributed by atoms with Gasteiger partial charge < -0.3 is 14.8 Å². The minimum Gasteiger partial charge on any atom is -0.480 e. The van der Waals surface area contributed by atoms with Crippen molar-refractivity contribution >= 4 is 11.9 Å². The van der Waals surface area contributed by atoms with Gasteiger partial charge in [-0.15, -0.1) is 0 Å². The van der Waals surface area contributed by atoms with Crippen LogP contribution in [0.2, 0.25) is 0 Å². The van der Waals surface area contributed by atoms with E-state index in [1.807, 2.05) is 0 Å². The lowest BCUT2D eigenvalue weighted by Gasteiger charge is -2.19. The molecule has 0 spiro atoms. The van der Waals surface area contributed by atoms with Crippen LogP contribution in [0, 0.1) is 0 Å². The van der Waals surface area contributed by atoms with Gasteiger partial charge in [0.15, 0.2) is 6.10 Å². The highest BCUT2D eigenvalue weighted by Gasteiger charge is 2.35. The monoisotopic (exact) mass is 319 g/mol. The zero-order valence-electron chi connectivity index (χ0n) is 12.2. The summed E-state index contributed by atoms with van der Waals surface area (Å²) in [6.45, 7) is 2.67. The minimum atomic E-state index is -4.59. The number of alkyl halides is 3. The SMILES string of the molecule is COC(=O)[C@@H](C)NC(=O)C(C)Oc1ccccc1C(F)(F)F. The molecule has 1 N–H and O–H groups in total. The van der Waals surface area contributed by atoms with Crippen molar-refractivity contribution in [3.05, 3.63) is 29.8 Å². The molecular weight excluding hydrogens is 303 g/mol. The molecule has 0 aliphatic carbocycles. The van der Waals surface area contributed by atoms with E-state index < -0.39 is 41.5 Å². The van der Waals surface area contributed by atoms with Crippen molar-refractivity contribution in [2.45, 2.75) is 32.2 Å². The Kier molecular flexibility index (Phi) is 5.78. The lowest BCUT2D eigenvalue weighted by molar-refractivity contribution is -0.145. The van der Waals surface area contributed by atoms with Crippen molar-refractivity contribution in [3.8, 4) is 5.75 Å². The summed E-state index contributed by atoms with van der Waals surface area (Å²) in [5.41, 5.74) is -0.976. The van der Waals surface area contributed by atoms with Crippen molar-refractivity contribution < 1.29 is 32.2 Å². The number of methoxy groups -OCH3 is 1. The van der Waals surface area contributed by atoms with Crippen molar-refractivity contribution in [3.63, 3.8) is 0 Å². The number of carbonyl (C=O) groups is 2. The Morgan fingerprint density at radius 3 is 2.32 bits per heavy atom. The summed E-state index contributed by atoms with van der Waals surface area (Å²) in [6.07, 6.45) is -5.80. The zero-order valence-corrected chi connectivity index (χ0v) is 12.2. The number of carbonyl (C=O) groups excluding carboxylic acids is 2. The van der Waals surface area contributed by atoms with E-state index >= 15 is 0 Å². The Hall–Kier alpha value is -2.25. The maximum atomic E-state index is 12.8. The minimum absolute atomic E-state index is 0.455. The molecule has 0 saturated carbocycles. The van der Waals surface area contributed by atoms with Crippen LogP contribution in [0.15, 0.2) is 24.3 Å². The van der Waals surface area contributed by atoms with Gasteiger partial charge in [0.25, 0.3) is 5.91 Å². The smallest absolute Gasteiger partial charge is 0.419 e. The van der Waals surface area contributed by atoms with E-state index in [9.17, 15) is 22.8 Å². The van der Waals surface area contributed by atoms with E-state index in [2.05, 4.69) is 10.1 Å². The fourth-order valence-corrected chi connectivity index (χ4v) is 1.61. The Balaban J connectivity index is 2.79. The fourth-order valence-electron chi connectivity index (χ4n) is 1.61. The van der Waals surface area contributed by atoms with Gasteiger partial charge in [-0.3, -0.25) is 4.79 Å². The van der Waals surface area contributed by atoms with E-state index in [1.165, 1.54) is 26.0 Å². The maximum Gasteiger partial charge on any atom is 0.419 e. The quantitative estimate of drug-likeness (QED) is 0.845. The van der Waals surface area contributed by atoms with E-state index in [0.29, 0.717) is 0 Å². The number of nitrogens with one attached hydrogen (secondary N) is 1. The number of rotatable bonds is 5. The molecule has 0 radical (unpaired) electrons. The van der Waals surface area contributed by atoms with Crippen LogP contribution in [-0.4, -0.2) is 31.1 Å². The molecule has 22 heavy (non-hydrogen) atoms. The molecule has 0 aliphatic heterocycles. The van der Waals surface area contributed by atoms with E-state index in [4.69, 9.17) is 4.74 Å². The number of para-hydroxylation sites is 1. The molecule has 0 fully saturated rings. The molecule has 8 heteroatoms. The van der Waals surface area contributed by atoms with Crippen LogP contribution >= 0.6 is 0 Å². The lowest BCUT2D eigenvalue weighted by Crippen LogP contribution is -2.45. The Morgan fingerprint density at radius 2 is 1.77 bits per heavy atom. The van der Waals surface area contributed by atoms with Crippen LogP contribution in [0.5, 0.6) is 5.75 Å². The van der Waals surface area contributed by atoms with Crippen molar-refractivity contribution in [2.75, 3.05) is 7.11 Å². The molecule has 0 bridgehead atoms. The molecule has 1 aromatic carbocycles. The van der Waals surface area contributed by atoms with Crippen molar-refractivity contribution in [1.29, 1.82) is 0 Å². The van der Waals surface area contributed by atoms with E-state index in [1.54, 1.807) is 0 Å². The first-order valence-electron chi connectivity index (χ1n) is 6.38. The normalized spacial score (nSPS) is 13.9. The van der Waals surface area contributed by atoms with Gasteiger partial charge >= 0.3 is 12.1 Å². The molecule has 122 valence electrons. The van der Waals surface area contributed by atoms with Crippen LogP contribution in [0.1, 0.15) is 19.4 Å². The number of halogens is 3. The average molecular weight is 319 g/mol. The van der Waals surface area contributed by atoms with Crippen LogP contribution in [0.4, 0.5) is 13.2 Å². The Labute approximate surface area is 125 Å². The number of benzene rings is 1. The highest BCUT2D eigenvalue weighted by molar-refractivity contribution is 5.86. The van der Waals surface area contributed by atoms with Gasteiger partial charge in [-0.05, 0) is 26.0 Å². The summed E-state index contributed by atoms with van der Waals surface area (Å²) >= 11 is 0. The maximum absolute atomic E-state index is 12.8. The molecule has 0 aromatic heterocycles. The number of ether oxygens (including phenoxy) is 2. The van der Waals surface area contributed by atoms with Crippen LogP contribution in [0.3, 0.4) is 0 Å². The summed E-state index contributed by atoms with van der Waals surface area (Å²) < 4.78 is 48.0. The first kappa shape index (κ1) is 17.8. The summed E-state index contributed by atoms with van der Waals surface area (Å²) in [4.78, 5) is 23.0. The van der Waals surface area contributed by atoms with Gasteiger partial charge in [0, 0.05) is 0 Å². The predicted octanol–water partition coefficient (Wildman–Crippen LogP) is 2.15. The fraction of sp³-hybridized carbons (Fsp3) is 0.429. The molecule has 0 heterocycles. The van der Waals surface area contributed by atoms with Crippen molar-refractivity contribution in [1.82, 2.24) is 5.32 Å². The summed E-state index contributed by atoms with van der Waals surface area (Å²) in [5.74, 6) is -1.85. The highest BCUT2D eigenvalue weighted by atomic mass is 19.4. The van der Waals surface area contributed by atoms with Gasteiger partial charge in [-0.1, -0.05) is 12.1 Å². The third-order valence-corrected chi connectivity index (χ3v) is 2.78. The van der Waals surface area contributed by atoms with Gasteiger partial charge in [0.2, 0.25) is 0 Å². The molecule has 0 saturated heterocycles. The van der Waals surface area contributed by atoms with Crippen LogP contribution in [0.25, 0.3) is 0 Å². The summed E-state index contributed by atoms with van der Waals surface area (Å²) in [6, 6.07) is 3.64. The number of hydrogen-bond acceptors (Lipinski definition) is 4. The average Bonchev–Trinajstić information content (AvgIpc) is 2.45. The molecule has 1 amide bonds. The van der Waals surface area contributed by atoms with Gasteiger partial charge in [-0.25, -0.2) is 4.79 Å². The first-order valence-corrected chi connectivity index (χ1v) is 6.38. The Morgan fingerprint density at radius 1 is 1.18 bits per heavy atom. The van der Waals surface area contributed by atoms with E-state index in [-0.39, 0.29) is 0 Å². The topological polar surface area (TPSA) is 64.6 Å².